The molecule has 1 N–H and O–H groups in total. The van der Waals surface area contributed by atoms with E-state index in [9.17, 15) is 44.3 Å². The monoisotopic (exact) mass is 403 g/mol. The molecule has 0 rings (SSSR count). The maximum absolute atomic E-state index is 13.0. The molecular formula is C11H19F6N3O4S. The van der Waals surface area contributed by atoms with Gasteiger partial charge >= 0.3 is 12.0 Å². The number of amides is 1. The number of carbonyl (C=O) groups is 1. The molecule has 0 aliphatic carbocycles. The van der Waals surface area contributed by atoms with Gasteiger partial charge in [0.2, 0.25) is 0 Å². The van der Waals surface area contributed by atoms with E-state index < -0.39 is 45.6 Å². The van der Waals surface area contributed by atoms with Crippen LogP contribution in [0.5, 0.6) is 0 Å². The molecule has 0 aliphatic rings. The van der Waals surface area contributed by atoms with Gasteiger partial charge in [0.05, 0.1) is 42.6 Å². The fraction of sp³-hybridized carbons (Fsp3) is 0.909. The van der Waals surface area contributed by atoms with Crippen LogP contribution in [-0.2, 0) is 14.9 Å². The number of quaternary nitrogens is 1. The van der Waals surface area contributed by atoms with E-state index in [0.717, 1.165) is 0 Å². The average Bonchev–Trinajstić information content (AvgIpc) is 2.41. The number of hydrogen-bond donors (Lipinski definition) is 1. The van der Waals surface area contributed by atoms with E-state index in [4.69, 9.17) is 0 Å². The molecule has 0 aliphatic heterocycles. The molecule has 25 heavy (non-hydrogen) atoms. The van der Waals surface area contributed by atoms with Crippen LogP contribution in [0.4, 0.5) is 26.5 Å². The van der Waals surface area contributed by atoms with E-state index in [1.807, 2.05) is 0 Å². The summed E-state index contributed by atoms with van der Waals surface area (Å²) in [6, 6.07) is -5.95. The lowest BCUT2D eigenvalue weighted by Crippen LogP contribution is -2.57. The minimum absolute atomic E-state index is 0.0273. The summed E-state index contributed by atoms with van der Waals surface area (Å²) in [6.07, 6.45) is 0.0812. The summed E-state index contributed by atoms with van der Waals surface area (Å²) in [5, 5.41) is -1.58. The van der Waals surface area contributed by atoms with Crippen LogP contribution in [0.1, 0.15) is 12.8 Å². The standard InChI is InChI=1S/C11H19F6N3O4S/c1-20(2,7-4-8-25(22,23)24)6-3-5-18-9(21)10(12,13)11(14,15)19(16)17/h3-8H2,1-2H3,(H-,18,21,22,23,24). The number of rotatable bonds is 11. The van der Waals surface area contributed by atoms with Gasteiger partial charge in [-0.25, -0.2) is 8.42 Å². The van der Waals surface area contributed by atoms with Gasteiger partial charge in [-0.05, 0) is 0 Å². The summed E-state index contributed by atoms with van der Waals surface area (Å²) in [5.41, 5.74) is 0. The highest BCUT2D eigenvalue weighted by atomic mass is 32.2. The molecule has 0 aromatic carbocycles. The van der Waals surface area contributed by atoms with Gasteiger partial charge in [-0.15, -0.1) is 0 Å². The Morgan fingerprint density at radius 1 is 1.12 bits per heavy atom. The van der Waals surface area contributed by atoms with E-state index in [-0.39, 0.29) is 30.4 Å². The van der Waals surface area contributed by atoms with Crippen molar-refractivity contribution in [2.24, 2.45) is 0 Å². The summed E-state index contributed by atoms with van der Waals surface area (Å²) in [5.74, 6) is -8.74. The number of hydrogen-bond acceptors (Lipinski definition) is 5. The van der Waals surface area contributed by atoms with Crippen LogP contribution in [0.15, 0.2) is 0 Å². The maximum Gasteiger partial charge on any atom is 0.428 e. The molecule has 0 atom stereocenters. The second kappa shape index (κ2) is 8.51. The molecule has 0 aromatic rings. The van der Waals surface area contributed by atoms with Gasteiger partial charge in [0, 0.05) is 25.1 Å². The Labute approximate surface area is 140 Å². The van der Waals surface area contributed by atoms with Crippen LogP contribution in [-0.4, -0.2) is 80.2 Å². The van der Waals surface area contributed by atoms with Gasteiger partial charge in [0.25, 0.3) is 5.91 Å². The minimum atomic E-state index is -5.95. The molecule has 0 saturated heterocycles. The molecule has 0 radical (unpaired) electrons. The number of halogens is 6. The Morgan fingerprint density at radius 2 is 1.60 bits per heavy atom. The Balaban J connectivity index is 4.37. The van der Waals surface area contributed by atoms with Crippen molar-refractivity contribution < 1.29 is 48.8 Å². The number of nitrogens with zero attached hydrogens (tertiary/aromatic N) is 2. The van der Waals surface area contributed by atoms with Crippen LogP contribution in [0, 0.1) is 0 Å². The maximum atomic E-state index is 13.0. The molecule has 14 heteroatoms. The highest BCUT2D eigenvalue weighted by Gasteiger charge is 2.67. The zero-order chi connectivity index (χ0) is 20.1. The summed E-state index contributed by atoms with van der Waals surface area (Å²) < 4.78 is 106. The Kier molecular flexibility index (Phi) is 8.13. The van der Waals surface area contributed by atoms with Crippen molar-refractivity contribution >= 4 is 16.0 Å². The lowest BCUT2D eigenvalue weighted by Gasteiger charge is -2.30. The first kappa shape index (κ1) is 23.9. The molecule has 1 amide bonds. The van der Waals surface area contributed by atoms with Crippen molar-refractivity contribution in [1.82, 2.24) is 10.7 Å². The summed E-state index contributed by atoms with van der Waals surface area (Å²) in [6.45, 7) is -0.00752. The zero-order valence-electron chi connectivity index (χ0n) is 13.4. The van der Waals surface area contributed by atoms with Crippen LogP contribution in [0.25, 0.3) is 0 Å². The summed E-state index contributed by atoms with van der Waals surface area (Å²) >= 11 is 0. The zero-order valence-corrected chi connectivity index (χ0v) is 14.3. The first-order valence-corrected chi connectivity index (χ1v) is 8.52. The Bertz CT molecular complexity index is 556. The minimum Gasteiger partial charge on any atom is -0.748 e. The van der Waals surface area contributed by atoms with Crippen molar-refractivity contribution in [3.63, 3.8) is 0 Å². The Morgan fingerprint density at radius 3 is 2.04 bits per heavy atom. The van der Waals surface area contributed by atoms with Crippen LogP contribution < -0.4 is 5.32 Å². The predicted octanol–water partition coefficient (Wildman–Crippen LogP) is 0.804. The smallest absolute Gasteiger partial charge is 0.428 e. The summed E-state index contributed by atoms with van der Waals surface area (Å²) in [7, 11) is -1.09. The van der Waals surface area contributed by atoms with Gasteiger partial charge in [0.1, 0.15) is 0 Å². The lowest BCUT2D eigenvalue weighted by atomic mass is 10.2. The highest BCUT2D eigenvalue weighted by Crippen LogP contribution is 2.37. The third-order valence-corrected chi connectivity index (χ3v) is 4.05. The van der Waals surface area contributed by atoms with Crippen molar-refractivity contribution in [3.05, 3.63) is 0 Å². The van der Waals surface area contributed by atoms with Gasteiger partial charge in [-0.2, -0.15) is 17.6 Å². The van der Waals surface area contributed by atoms with Crippen molar-refractivity contribution in [2.75, 3.05) is 39.5 Å². The first-order valence-electron chi connectivity index (χ1n) is 6.94. The fourth-order valence-electron chi connectivity index (χ4n) is 1.84. The quantitative estimate of drug-likeness (QED) is 0.138. The van der Waals surface area contributed by atoms with Gasteiger partial charge in [-0.3, -0.25) is 4.79 Å². The topological polar surface area (TPSA) is 89.5 Å². The molecule has 0 fully saturated rings. The van der Waals surface area contributed by atoms with Gasteiger partial charge < -0.3 is 14.4 Å². The van der Waals surface area contributed by atoms with E-state index in [0.29, 0.717) is 0 Å². The summed E-state index contributed by atoms with van der Waals surface area (Å²) in [4.78, 5) is 11.0. The third kappa shape index (κ3) is 7.75. The third-order valence-electron chi connectivity index (χ3n) is 3.26. The lowest BCUT2D eigenvalue weighted by molar-refractivity contribution is -0.890. The van der Waals surface area contributed by atoms with Gasteiger partial charge in [0.15, 0.2) is 0 Å². The van der Waals surface area contributed by atoms with Crippen molar-refractivity contribution in [3.8, 4) is 0 Å². The van der Waals surface area contributed by atoms with Crippen molar-refractivity contribution in [2.45, 2.75) is 24.8 Å². The predicted molar refractivity (Wildman–Crippen MR) is 72.6 cm³/mol. The highest BCUT2D eigenvalue weighted by molar-refractivity contribution is 7.85. The number of nitrogens with one attached hydrogen (secondary N) is 1. The fourth-order valence-corrected chi connectivity index (χ4v) is 2.33. The first-order chi connectivity index (χ1) is 11.0. The van der Waals surface area contributed by atoms with E-state index in [2.05, 4.69) is 0 Å². The Hall–Kier alpha value is -1.12. The molecular weight excluding hydrogens is 384 g/mol. The van der Waals surface area contributed by atoms with E-state index >= 15 is 0 Å². The molecule has 0 unspecified atom stereocenters. The van der Waals surface area contributed by atoms with Crippen LogP contribution >= 0.6 is 0 Å². The van der Waals surface area contributed by atoms with Crippen LogP contribution in [0.3, 0.4) is 0 Å². The average molecular weight is 403 g/mol. The van der Waals surface area contributed by atoms with E-state index in [1.165, 1.54) is 5.32 Å². The molecule has 0 aromatic heterocycles. The van der Waals surface area contributed by atoms with E-state index in [1.54, 1.807) is 14.1 Å². The number of carbonyl (C=O) groups excluding carboxylic acids is 1. The molecule has 0 bridgehead atoms. The SMILES string of the molecule is C[N+](C)(CCCNC(=O)C(F)(F)C(F)(F)N(F)F)CCCS(=O)(=O)[O-]. The number of alkyl halides is 4. The molecule has 150 valence electrons. The largest absolute Gasteiger partial charge is 0.748 e. The molecule has 0 spiro atoms. The van der Waals surface area contributed by atoms with Crippen molar-refractivity contribution in [1.29, 1.82) is 0 Å². The van der Waals surface area contributed by atoms with Gasteiger partial charge in [-0.1, -0.05) is 8.96 Å². The second-order valence-corrected chi connectivity index (χ2v) is 7.48. The second-order valence-electron chi connectivity index (χ2n) is 5.96. The molecule has 0 heterocycles. The molecule has 7 nitrogen and oxygen atoms in total. The normalized spacial score (nSPS) is 14.0. The van der Waals surface area contributed by atoms with Crippen LogP contribution in [0.2, 0.25) is 0 Å². The molecule has 0 saturated carbocycles.